The van der Waals surface area contributed by atoms with Gasteiger partial charge in [0, 0.05) is 11.8 Å². The molecule has 0 aliphatic rings. The number of esters is 1. The van der Waals surface area contributed by atoms with E-state index in [4.69, 9.17) is 10.5 Å². The number of hydrogen-bond donors (Lipinski definition) is 2. The molecule has 17 heavy (non-hydrogen) atoms. The van der Waals surface area contributed by atoms with E-state index in [9.17, 15) is 4.79 Å². The largest absolute Gasteiger partial charge is 0.489 e. The van der Waals surface area contributed by atoms with Gasteiger partial charge in [0.15, 0.2) is 0 Å². The third-order valence-corrected chi connectivity index (χ3v) is 2.04. The maximum Gasteiger partial charge on any atom is 0.325 e. The number of carbonyl (C=O) groups is 1. The molecule has 0 saturated heterocycles. The Bertz CT molecular complexity index is 391. The van der Waals surface area contributed by atoms with Gasteiger partial charge in [-0.2, -0.15) is 0 Å². The summed E-state index contributed by atoms with van der Waals surface area (Å²) >= 11 is 0. The van der Waals surface area contributed by atoms with Gasteiger partial charge in [0.25, 0.3) is 0 Å². The van der Waals surface area contributed by atoms with E-state index >= 15 is 0 Å². The van der Waals surface area contributed by atoms with Crippen LogP contribution < -0.4 is 15.8 Å². The van der Waals surface area contributed by atoms with E-state index in [0.717, 1.165) is 5.69 Å². The summed E-state index contributed by atoms with van der Waals surface area (Å²) < 4.78 is 10.1. The molecule has 5 nitrogen and oxygen atoms in total. The highest BCUT2D eigenvalue weighted by Gasteiger charge is 2.05. The van der Waals surface area contributed by atoms with Crippen LogP contribution in [0.2, 0.25) is 0 Å². The van der Waals surface area contributed by atoms with E-state index in [-0.39, 0.29) is 18.6 Å². The SMILES string of the molecule is COC(=O)CNc1ccc(N)c(OC(C)C)c1. The number of ether oxygens (including phenoxy) is 2. The second kappa shape index (κ2) is 5.98. The van der Waals surface area contributed by atoms with Crippen LogP contribution in [0.15, 0.2) is 18.2 Å². The van der Waals surface area contributed by atoms with Gasteiger partial charge in [-0.15, -0.1) is 0 Å². The molecule has 0 aliphatic heterocycles. The van der Waals surface area contributed by atoms with Gasteiger partial charge in [-0.25, -0.2) is 0 Å². The number of methoxy groups -OCH3 is 1. The summed E-state index contributed by atoms with van der Waals surface area (Å²) in [7, 11) is 1.35. The van der Waals surface area contributed by atoms with Crippen molar-refractivity contribution >= 4 is 17.3 Å². The minimum atomic E-state index is -0.326. The summed E-state index contributed by atoms with van der Waals surface area (Å²) in [5.41, 5.74) is 7.11. The van der Waals surface area contributed by atoms with Crippen molar-refractivity contribution in [2.75, 3.05) is 24.7 Å². The molecule has 1 aromatic rings. The second-order valence-electron chi connectivity index (χ2n) is 3.85. The molecule has 0 unspecified atom stereocenters. The lowest BCUT2D eigenvalue weighted by atomic mass is 10.2. The molecule has 1 rings (SSSR count). The number of rotatable bonds is 5. The molecular weight excluding hydrogens is 220 g/mol. The van der Waals surface area contributed by atoms with E-state index < -0.39 is 0 Å². The molecule has 0 fully saturated rings. The van der Waals surface area contributed by atoms with Gasteiger partial charge >= 0.3 is 5.97 Å². The molecule has 0 heterocycles. The molecule has 0 amide bonds. The summed E-state index contributed by atoms with van der Waals surface area (Å²) in [4.78, 5) is 11.0. The van der Waals surface area contributed by atoms with Crippen LogP contribution in [0, 0.1) is 0 Å². The smallest absolute Gasteiger partial charge is 0.325 e. The van der Waals surface area contributed by atoms with Crippen molar-refractivity contribution in [2.45, 2.75) is 20.0 Å². The van der Waals surface area contributed by atoms with Crippen molar-refractivity contribution in [2.24, 2.45) is 0 Å². The molecule has 0 spiro atoms. The minimum Gasteiger partial charge on any atom is -0.489 e. The summed E-state index contributed by atoms with van der Waals surface area (Å²) in [6, 6.07) is 5.28. The Kier molecular flexibility index (Phi) is 4.63. The first-order chi connectivity index (χ1) is 8.02. The lowest BCUT2D eigenvalue weighted by Gasteiger charge is -2.14. The average molecular weight is 238 g/mol. The Morgan fingerprint density at radius 1 is 1.47 bits per heavy atom. The van der Waals surface area contributed by atoms with Crippen molar-refractivity contribution < 1.29 is 14.3 Å². The normalized spacial score (nSPS) is 10.1. The molecule has 0 radical (unpaired) electrons. The monoisotopic (exact) mass is 238 g/mol. The Morgan fingerprint density at radius 2 is 2.18 bits per heavy atom. The van der Waals surface area contributed by atoms with Gasteiger partial charge in [0.1, 0.15) is 12.3 Å². The highest BCUT2D eigenvalue weighted by Crippen LogP contribution is 2.26. The van der Waals surface area contributed by atoms with Crippen LogP contribution in [0.1, 0.15) is 13.8 Å². The first-order valence-corrected chi connectivity index (χ1v) is 5.39. The fourth-order valence-corrected chi connectivity index (χ4v) is 1.25. The number of nitrogens with two attached hydrogens (primary N) is 1. The van der Waals surface area contributed by atoms with Crippen molar-refractivity contribution in [1.29, 1.82) is 0 Å². The third kappa shape index (κ3) is 4.22. The summed E-state index contributed by atoms with van der Waals surface area (Å²) in [6.07, 6.45) is 0.0492. The lowest BCUT2D eigenvalue weighted by molar-refractivity contribution is -0.138. The number of hydrogen-bond acceptors (Lipinski definition) is 5. The van der Waals surface area contributed by atoms with Crippen molar-refractivity contribution in [1.82, 2.24) is 0 Å². The highest BCUT2D eigenvalue weighted by molar-refractivity contribution is 5.75. The fourth-order valence-electron chi connectivity index (χ4n) is 1.25. The summed E-state index contributed by atoms with van der Waals surface area (Å²) in [5.74, 6) is 0.281. The zero-order valence-corrected chi connectivity index (χ0v) is 10.3. The molecule has 0 saturated carbocycles. The van der Waals surface area contributed by atoms with Crippen LogP contribution in [0.4, 0.5) is 11.4 Å². The molecule has 1 aromatic carbocycles. The van der Waals surface area contributed by atoms with Crippen molar-refractivity contribution in [3.63, 3.8) is 0 Å². The fraction of sp³-hybridized carbons (Fsp3) is 0.417. The maximum atomic E-state index is 11.0. The summed E-state index contributed by atoms with van der Waals surface area (Å²) in [6.45, 7) is 3.96. The van der Waals surface area contributed by atoms with Crippen LogP contribution >= 0.6 is 0 Å². The minimum absolute atomic E-state index is 0.0492. The second-order valence-corrected chi connectivity index (χ2v) is 3.85. The van der Waals surface area contributed by atoms with Gasteiger partial charge in [-0.3, -0.25) is 4.79 Å². The van der Waals surface area contributed by atoms with Crippen LogP contribution in [0.3, 0.4) is 0 Å². The number of anilines is 2. The lowest BCUT2D eigenvalue weighted by Crippen LogP contribution is -2.15. The quantitative estimate of drug-likeness (QED) is 0.602. The Labute approximate surface area is 101 Å². The van der Waals surface area contributed by atoms with Crippen molar-refractivity contribution in [3.05, 3.63) is 18.2 Å². The molecule has 0 aliphatic carbocycles. The molecular formula is C12H18N2O3. The molecule has 0 aromatic heterocycles. The molecule has 5 heteroatoms. The molecule has 0 atom stereocenters. The van der Waals surface area contributed by atoms with E-state index in [2.05, 4.69) is 10.1 Å². The van der Waals surface area contributed by atoms with Crippen LogP contribution in [0.5, 0.6) is 5.75 Å². The van der Waals surface area contributed by atoms with E-state index in [0.29, 0.717) is 11.4 Å². The van der Waals surface area contributed by atoms with E-state index in [1.54, 1.807) is 18.2 Å². The predicted molar refractivity (Wildman–Crippen MR) is 67.1 cm³/mol. The standard InChI is InChI=1S/C12H18N2O3/c1-8(2)17-11-6-9(4-5-10(11)13)14-7-12(15)16-3/h4-6,8,14H,7,13H2,1-3H3. The Morgan fingerprint density at radius 3 is 2.76 bits per heavy atom. The maximum absolute atomic E-state index is 11.0. The average Bonchev–Trinajstić information content (AvgIpc) is 2.29. The van der Waals surface area contributed by atoms with E-state index in [1.807, 2.05) is 13.8 Å². The Hall–Kier alpha value is -1.91. The van der Waals surface area contributed by atoms with Gasteiger partial charge in [0.05, 0.1) is 18.9 Å². The van der Waals surface area contributed by atoms with Gasteiger partial charge < -0.3 is 20.5 Å². The van der Waals surface area contributed by atoms with Crippen LogP contribution in [0.25, 0.3) is 0 Å². The molecule has 3 N–H and O–H groups in total. The van der Waals surface area contributed by atoms with E-state index in [1.165, 1.54) is 7.11 Å². The topological polar surface area (TPSA) is 73.6 Å². The first kappa shape index (κ1) is 13.2. The number of carbonyl (C=O) groups excluding carboxylic acids is 1. The van der Waals surface area contributed by atoms with Gasteiger partial charge in [-0.1, -0.05) is 0 Å². The first-order valence-electron chi connectivity index (χ1n) is 5.39. The van der Waals surface area contributed by atoms with Gasteiger partial charge in [0.2, 0.25) is 0 Å². The van der Waals surface area contributed by atoms with Crippen molar-refractivity contribution in [3.8, 4) is 5.75 Å². The van der Waals surface area contributed by atoms with Gasteiger partial charge in [-0.05, 0) is 26.0 Å². The number of nitrogen functional groups attached to an aromatic ring is 1. The number of benzene rings is 1. The predicted octanol–water partition coefficient (Wildman–Crippen LogP) is 1.64. The highest BCUT2D eigenvalue weighted by atomic mass is 16.5. The molecule has 0 bridgehead atoms. The molecule has 94 valence electrons. The van der Waals surface area contributed by atoms with Crippen LogP contribution in [-0.2, 0) is 9.53 Å². The number of nitrogens with one attached hydrogen (secondary N) is 1. The Balaban J connectivity index is 2.71. The van der Waals surface area contributed by atoms with Crippen LogP contribution in [-0.4, -0.2) is 25.7 Å². The third-order valence-electron chi connectivity index (χ3n) is 2.04. The zero-order chi connectivity index (χ0) is 12.8. The summed E-state index contributed by atoms with van der Waals surface area (Å²) in [5, 5.41) is 2.93. The zero-order valence-electron chi connectivity index (χ0n) is 10.3.